The van der Waals surface area contributed by atoms with Gasteiger partial charge in [0.2, 0.25) is 0 Å². The Morgan fingerprint density at radius 2 is 1.76 bits per heavy atom. The van der Waals surface area contributed by atoms with Crippen molar-refractivity contribution >= 4 is 17.8 Å². The Morgan fingerprint density at radius 1 is 1.18 bits per heavy atom. The molecule has 5 nitrogen and oxygen atoms in total. The largest absolute Gasteiger partial charge is 0.336 e. The lowest BCUT2D eigenvalue weighted by molar-refractivity contribution is -0.202. The van der Waals surface area contributed by atoms with Gasteiger partial charge in [0.05, 0.1) is 5.92 Å². The summed E-state index contributed by atoms with van der Waals surface area (Å²) in [6.45, 7) is 2.01. The Bertz CT molecular complexity index is 336. The molecule has 2 fully saturated rings. The molecule has 1 aliphatic carbocycles. The van der Waals surface area contributed by atoms with Crippen molar-refractivity contribution in [3.8, 4) is 0 Å². The van der Waals surface area contributed by atoms with Crippen LogP contribution in [0.4, 0.5) is 0 Å². The molecule has 0 bridgehead atoms. The third-order valence-corrected chi connectivity index (χ3v) is 3.60. The summed E-state index contributed by atoms with van der Waals surface area (Å²) in [6, 6.07) is 0. The average Bonchev–Trinajstić information content (AvgIpc) is 2.61. The second kappa shape index (κ2) is 4.85. The summed E-state index contributed by atoms with van der Waals surface area (Å²) in [6.07, 6.45) is 4.22. The highest BCUT2D eigenvalue weighted by molar-refractivity contribution is 6.01. The normalized spacial score (nSPS) is 29.6. The number of nitrogens with zero attached hydrogens (tertiary/aromatic N) is 1. The van der Waals surface area contributed by atoms with Crippen LogP contribution in [0.5, 0.6) is 0 Å². The van der Waals surface area contributed by atoms with Gasteiger partial charge in [-0.15, -0.1) is 5.06 Å². The number of carbonyl (C=O) groups is 3. The molecule has 2 aliphatic rings. The van der Waals surface area contributed by atoms with Crippen LogP contribution in [0.1, 0.15) is 45.4 Å². The van der Waals surface area contributed by atoms with E-state index in [-0.39, 0.29) is 24.7 Å². The first-order valence-electron chi connectivity index (χ1n) is 6.17. The van der Waals surface area contributed by atoms with Gasteiger partial charge >= 0.3 is 5.97 Å². The maximum absolute atomic E-state index is 11.9. The Kier molecular flexibility index (Phi) is 3.45. The summed E-state index contributed by atoms with van der Waals surface area (Å²) in [5.41, 5.74) is 0. The molecule has 2 rings (SSSR count). The van der Waals surface area contributed by atoms with Crippen molar-refractivity contribution in [2.75, 3.05) is 0 Å². The average molecular weight is 239 g/mol. The molecule has 94 valence electrons. The van der Waals surface area contributed by atoms with E-state index in [2.05, 4.69) is 0 Å². The first-order chi connectivity index (χ1) is 8.09. The lowest BCUT2D eigenvalue weighted by Crippen LogP contribution is -2.37. The maximum Gasteiger partial charge on any atom is 0.336 e. The van der Waals surface area contributed by atoms with Gasteiger partial charge in [-0.05, 0) is 18.8 Å². The minimum Gasteiger partial charge on any atom is -0.330 e. The van der Waals surface area contributed by atoms with Gasteiger partial charge in [-0.3, -0.25) is 9.59 Å². The maximum atomic E-state index is 11.9. The molecule has 0 aromatic heterocycles. The van der Waals surface area contributed by atoms with Crippen molar-refractivity contribution in [2.24, 2.45) is 11.8 Å². The van der Waals surface area contributed by atoms with Gasteiger partial charge in [-0.1, -0.05) is 19.8 Å². The molecule has 0 aromatic rings. The summed E-state index contributed by atoms with van der Waals surface area (Å²) < 4.78 is 0. The summed E-state index contributed by atoms with van der Waals surface area (Å²) >= 11 is 0. The fourth-order valence-electron chi connectivity index (χ4n) is 2.48. The fraction of sp³-hybridized carbons (Fsp3) is 0.750. The predicted molar refractivity (Wildman–Crippen MR) is 58.3 cm³/mol. The predicted octanol–water partition coefficient (Wildman–Crippen LogP) is 1.42. The molecule has 5 heteroatoms. The third kappa shape index (κ3) is 2.48. The van der Waals surface area contributed by atoms with Gasteiger partial charge in [-0.25, -0.2) is 4.79 Å². The molecule has 17 heavy (non-hydrogen) atoms. The van der Waals surface area contributed by atoms with E-state index >= 15 is 0 Å². The Hall–Kier alpha value is -1.39. The van der Waals surface area contributed by atoms with E-state index in [1.807, 2.05) is 6.92 Å². The zero-order valence-corrected chi connectivity index (χ0v) is 9.98. The second-order valence-corrected chi connectivity index (χ2v) is 4.86. The molecule has 1 saturated carbocycles. The van der Waals surface area contributed by atoms with Gasteiger partial charge in [0.15, 0.2) is 0 Å². The van der Waals surface area contributed by atoms with E-state index in [0.717, 1.165) is 25.7 Å². The number of imide groups is 1. The van der Waals surface area contributed by atoms with Crippen LogP contribution in [-0.2, 0) is 19.2 Å². The molecule has 1 aliphatic heterocycles. The van der Waals surface area contributed by atoms with E-state index in [0.29, 0.717) is 5.06 Å². The Balaban J connectivity index is 1.96. The van der Waals surface area contributed by atoms with Crippen LogP contribution < -0.4 is 0 Å². The van der Waals surface area contributed by atoms with Gasteiger partial charge in [0.1, 0.15) is 0 Å². The fourth-order valence-corrected chi connectivity index (χ4v) is 2.48. The van der Waals surface area contributed by atoms with E-state index in [4.69, 9.17) is 4.84 Å². The van der Waals surface area contributed by atoms with Gasteiger partial charge in [0.25, 0.3) is 11.8 Å². The number of carbonyl (C=O) groups excluding carboxylic acids is 3. The molecule has 2 unspecified atom stereocenters. The highest BCUT2D eigenvalue weighted by Crippen LogP contribution is 2.31. The van der Waals surface area contributed by atoms with Crippen LogP contribution in [0.15, 0.2) is 0 Å². The standard InChI is InChI=1S/C12H17NO4/c1-8-4-2-3-5-9(8)12(16)17-13-10(14)6-7-11(13)15/h8-9H,2-7H2,1H3. The zero-order valence-electron chi connectivity index (χ0n) is 9.98. The highest BCUT2D eigenvalue weighted by atomic mass is 16.7. The minimum absolute atomic E-state index is 0.145. The van der Waals surface area contributed by atoms with Crippen LogP contribution in [0.3, 0.4) is 0 Å². The molecular weight excluding hydrogens is 222 g/mol. The molecule has 1 saturated heterocycles. The number of amides is 2. The van der Waals surface area contributed by atoms with Gasteiger partial charge in [0, 0.05) is 12.8 Å². The smallest absolute Gasteiger partial charge is 0.330 e. The minimum atomic E-state index is -0.430. The number of hydrogen-bond donors (Lipinski definition) is 0. The summed E-state index contributed by atoms with van der Waals surface area (Å²) in [4.78, 5) is 39.5. The molecule has 0 spiro atoms. The molecule has 2 atom stereocenters. The topological polar surface area (TPSA) is 63.7 Å². The summed E-state index contributed by atoms with van der Waals surface area (Å²) in [5, 5.41) is 0.643. The highest BCUT2D eigenvalue weighted by Gasteiger charge is 2.36. The third-order valence-electron chi connectivity index (χ3n) is 3.60. The van der Waals surface area contributed by atoms with E-state index < -0.39 is 17.8 Å². The molecular formula is C12H17NO4. The van der Waals surface area contributed by atoms with Crippen LogP contribution in [0.25, 0.3) is 0 Å². The Morgan fingerprint density at radius 3 is 2.35 bits per heavy atom. The Labute approximate surface area is 100 Å². The number of hydrogen-bond acceptors (Lipinski definition) is 4. The van der Waals surface area contributed by atoms with Crippen molar-refractivity contribution < 1.29 is 19.2 Å². The molecule has 0 aromatic carbocycles. The molecule has 0 N–H and O–H groups in total. The monoisotopic (exact) mass is 239 g/mol. The van der Waals surface area contributed by atoms with Crippen molar-refractivity contribution in [3.05, 3.63) is 0 Å². The lowest BCUT2D eigenvalue weighted by atomic mass is 9.80. The van der Waals surface area contributed by atoms with Gasteiger partial charge < -0.3 is 4.84 Å². The zero-order chi connectivity index (χ0) is 12.4. The molecule has 1 heterocycles. The van der Waals surface area contributed by atoms with Crippen molar-refractivity contribution in [2.45, 2.75) is 45.4 Å². The van der Waals surface area contributed by atoms with Crippen molar-refractivity contribution in [3.63, 3.8) is 0 Å². The summed E-state index contributed by atoms with van der Waals surface area (Å²) in [5.74, 6) is -1.16. The molecule has 2 amide bonds. The van der Waals surface area contributed by atoms with E-state index in [1.54, 1.807) is 0 Å². The van der Waals surface area contributed by atoms with Crippen LogP contribution in [0, 0.1) is 11.8 Å². The second-order valence-electron chi connectivity index (χ2n) is 4.86. The number of rotatable bonds is 2. The first kappa shape index (κ1) is 12.1. The van der Waals surface area contributed by atoms with Crippen LogP contribution in [0.2, 0.25) is 0 Å². The van der Waals surface area contributed by atoms with Crippen LogP contribution >= 0.6 is 0 Å². The van der Waals surface area contributed by atoms with Crippen molar-refractivity contribution in [1.82, 2.24) is 5.06 Å². The quantitative estimate of drug-likeness (QED) is 0.684. The van der Waals surface area contributed by atoms with Crippen LogP contribution in [-0.4, -0.2) is 22.8 Å². The number of hydroxylamine groups is 2. The van der Waals surface area contributed by atoms with E-state index in [9.17, 15) is 14.4 Å². The summed E-state index contributed by atoms with van der Waals surface area (Å²) in [7, 11) is 0. The SMILES string of the molecule is CC1CCCCC1C(=O)ON1C(=O)CCC1=O. The first-order valence-corrected chi connectivity index (χ1v) is 6.17. The lowest BCUT2D eigenvalue weighted by Gasteiger charge is -2.27. The van der Waals surface area contributed by atoms with Gasteiger partial charge in [-0.2, -0.15) is 0 Å². The van der Waals surface area contributed by atoms with Crippen molar-refractivity contribution in [1.29, 1.82) is 0 Å². The molecule has 0 radical (unpaired) electrons. The van der Waals surface area contributed by atoms with E-state index in [1.165, 1.54) is 0 Å².